The normalized spacial score (nSPS) is 38.8. The Morgan fingerprint density at radius 3 is 2.69 bits per heavy atom. The molecule has 2 aliphatic rings. The molecule has 0 aromatic carbocycles. The second kappa shape index (κ2) is 3.20. The Balaban J connectivity index is 1.93. The van der Waals surface area contributed by atoms with Gasteiger partial charge in [-0.25, -0.2) is 4.79 Å². The van der Waals surface area contributed by atoms with E-state index in [1.54, 1.807) is 0 Å². The summed E-state index contributed by atoms with van der Waals surface area (Å²) in [7, 11) is 0. The Morgan fingerprint density at radius 1 is 1.54 bits per heavy atom. The zero-order chi connectivity index (χ0) is 9.31. The fourth-order valence-electron chi connectivity index (χ4n) is 2.40. The summed E-state index contributed by atoms with van der Waals surface area (Å²) < 4.78 is 4.96. The van der Waals surface area contributed by atoms with E-state index in [2.05, 4.69) is 12.2 Å². The molecule has 0 atom stereocenters. The smallest absolute Gasteiger partial charge is 0.407 e. The van der Waals surface area contributed by atoms with Crippen molar-refractivity contribution in [1.29, 1.82) is 0 Å². The van der Waals surface area contributed by atoms with Crippen molar-refractivity contribution < 1.29 is 9.53 Å². The Kier molecular flexibility index (Phi) is 2.18. The zero-order valence-electron chi connectivity index (χ0n) is 8.14. The molecule has 0 bridgehead atoms. The van der Waals surface area contributed by atoms with Crippen molar-refractivity contribution in [2.24, 2.45) is 5.92 Å². The molecular formula is C10H17NO2. The maximum atomic E-state index is 10.9. The predicted molar refractivity (Wildman–Crippen MR) is 49.5 cm³/mol. The van der Waals surface area contributed by atoms with Gasteiger partial charge in [0.1, 0.15) is 6.61 Å². The van der Waals surface area contributed by atoms with E-state index in [-0.39, 0.29) is 11.6 Å². The van der Waals surface area contributed by atoms with Crippen LogP contribution in [0.15, 0.2) is 0 Å². The molecule has 1 saturated carbocycles. The third-order valence-corrected chi connectivity index (χ3v) is 3.49. The van der Waals surface area contributed by atoms with E-state index < -0.39 is 0 Å². The van der Waals surface area contributed by atoms with Crippen molar-refractivity contribution in [1.82, 2.24) is 5.32 Å². The first-order chi connectivity index (χ1) is 6.24. The summed E-state index contributed by atoms with van der Waals surface area (Å²) in [4.78, 5) is 10.9. The lowest BCUT2D eigenvalue weighted by atomic mass is 9.76. The molecule has 0 aromatic heterocycles. The van der Waals surface area contributed by atoms with Gasteiger partial charge >= 0.3 is 6.09 Å². The van der Waals surface area contributed by atoms with E-state index >= 15 is 0 Å². The lowest BCUT2D eigenvalue weighted by molar-refractivity contribution is 0.155. The molecule has 2 fully saturated rings. The summed E-state index contributed by atoms with van der Waals surface area (Å²) >= 11 is 0. The fraction of sp³-hybridized carbons (Fsp3) is 0.900. The van der Waals surface area contributed by atoms with Crippen LogP contribution in [0.25, 0.3) is 0 Å². The first-order valence-corrected chi connectivity index (χ1v) is 5.19. The van der Waals surface area contributed by atoms with Gasteiger partial charge in [-0.2, -0.15) is 0 Å². The molecular weight excluding hydrogens is 166 g/mol. The number of cyclic esters (lactones) is 1. The summed E-state index contributed by atoms with van der Waals surface area (Å²) in [6.45, 7) is 2.83. The number of hydrogen-bond donors (Lipinski definition) is 1. The van der Waals surface area contributed by atoms with Crippen molar-refractivity contribution in [3.63, 3.8) is 0 Å². The summed E-state index contributed by atoms with van der Waals surface area (Å²) in [5.74, 6) is 0.864. The molecule has 1 heterocycles. The van der Waals surface area contributed by atoms with Crippen LogP contribution in [-0.2, 0) is 4.74 Å². The molecule has 1 saturated heterocycles. The van der Waals surface area contributed by atoms with Crippen LogP contribution in [0.2, 0.25) is 0 Å². The average molecular weight is 183 g/mol. The highest BCUT2D eigenvalue weighted by molar-refractivity contribution is 5.70. The minimum Gasteiger partial charge on any atom is -0.447 e. The third-order valence-electron chi connectivity index (χ3n) is 3.49. The minimum absolute atomic E-state index is 0.00273. The summed E-state index contributed by atoms with van der Waals surface area (Å²) in [5, 5.41) is 2.95. The quantitative estimate of drug-likeness (QED) is 0.675. The standard InChI is InChI=1S/C10H17NO2/c1-2-8-3-5-10(6-4-8)7-13-9(12)11-10/h8H,2-7H2,1H3,(H,11,12). The molecule has 0 aromatic rings. The highest BCUT2D eigenvalue weighted by atomic mass is 16.6. The van der Waals surface area contributed by atoms with Crippen LogP contribution in [0.5, 0.6) is 0 Å². The first kappa shape index (κ1) is 8.85. The van der Waals surface area contributed by atoms with Crippen LogP contribution >= 0.6 is 0 Å². The molecule has 1 spiro atoms. The summed E-state index contributed by atoms with van der Waals surface area (Å²) in [6.07, 6.45) is 5.70. The second-order valence-corrected chi connectivity index (χ2v) is 4.33. The molecule has 3 heteroatoms. The van der Waals surface area contributed by atoms with E-state index in [9.17, 15) is 4.79 Å². The van der Waals surface area contributed by atoms with Gasteiger partial charge in [0, 0.05) is 0 Å². The second-order valence-electron chi connectivity index (χ2n) is 4.33. The van der Waals surface area contributed by atoms with Gasteiger partial charge in [0.25, 0.3) is 0 Å². The van der Waals surface area contributed by atoms with E-state index in [0.717, 1.165) is 18.8 Å². The third kappa shape index (κ3) is 1.64. The van der Waals surface area contributed by atoms with E-state index in [4.69, 9.17) is 4.74 Å². The van der Waals surface area contributed by atoms with E-state index in [1.807, 2.05) is 0 Å². The van der Waals surface area contributed by atoms with Gasteiger partial charge in [0.15, 0.2) is 0 Å². The van der Waals surface area contributed by atoms with Gasteiger partial charge in [0.2, 0.25) is 0 Å². The molecule has 13 heavy (non-hydrogen) atoms. The number of alkyl carbamates (subject to hydrolysis) is 1. The molecule has 0 unspecified atom stereocenters. The number of nitrogens with one attached hydrogen (secondary N) is 1. The van der Waals surface area contributed by atoms with Crippen molar-refractivity contribution in [2.75, 3.05) is 6.61 Å². The van der Waals surface area contributed by atoms with Crippen molar-refractivity contribution in [2.45, 2.75) is 44.6 Å². The summed E-state index contributed by atoms with van der Waals surface area (Å²) in [5.41, 5.74) is 0.00273. The number of ether oxygens (including phenoxy) is 1. The van der Waals surface area contributed by atoms with Crippen LogP contribution in [0.1, 0.15) is 39.0 Å². The molecule has 1 amide bonds. The Bertz CT molecular complexity index is 207. The Morgan fingerprint density at radius 2 is 2.23 bits per heavy atom. The monoisotopic (exact) mass is 183 g/mol. The highest BCUT2D eigenvalue weighted by Crippen LogP contribution is 2.35. The lowest BCUT2D eigenvalue weighted by Gasteiger charge is -2.34. The average Bonchev–Trinajstić information content (AvgIpc) is 2.49. The molecule has 3 nitrogen and oxygen atoms in total. The van der Waals surface area contributed by atoms with Crippen LogP contribution in [0.3, 0.4) is 0 Å². The highest BCUT2D eigenvalue weighted by Gasteiger charge is 2.41. The van der Waals surface area contributed by atoms with Crippen LogP contribution in [0.4, 0.5) is 4.79 Å². The van der Waals surface area contributed by atoms with Crippen LogP contribution < -0.4 is 5.32 Å². The van der Waals surface area contributed by atoms with Crippen LogP contribution in [-0.4, -0.2) is 18.2 Å². The molecule has 1 aliphatic heterocycles. The van der Waals surface area contributed by atoms with E-state index in [0.29, 0.717) is 6.61 Å². The molecule has 1 N–H and O–H groups in total. The van der Waals surface area contributed by atoms with Gasteiger partial charge in [-0.15, -0.1) is 0 Å². The number of hydrogen-bond acceptors (Lipinski definition) is 2. The largest absolute Gasteiger partial charge is 0.447 e. The number of carbonyl (C=O) groups is 1. The Labute approximate surface area is 78.8 Å². The number of rotatable bonds is 1. The SMILES string of the molecule is CCC1CCC2(CC1)COC(=O)N2. The molecule has 74 valence electrons. The Hall–Kier alpha value is -0.730. The fourth-order valence-corrected chi connectivity index (χ4v) is 2.40. The topological polar surface area (TPSA) is 38.3 Å². The molecule has 0 radical (unpaired) electrons. The summed E-state index contributed by atoms with van der Waals surface area (Å²) in [6, 6.07) is 0. The van der Waals surface area contributed by atoms with Gasteiger partial charge < -0.3 is 10.1 Å². The van der Waals surface area contributed by atoms with Crippen molar-refractivity contribution >= 4 is 6.09 Å². The van der Waals surface area contributed by atoms with Gasteiger partial charge in [0.05, 0.1) is 5.54 Å². The predicted octanol–water partition coefficient (Wildman–Crippen LogP) is 2.07. The van der Waals surface area contributed by atoms with Gasteiger partial charge in [-0.3, -0.25) is 0 Å². The molecule has 2 rings (SSSR count). The molecule has 1 aliphatic carbocycles. The minimum atomic E-state index is -0.227. The zero-order valence-corrected chi connectivity index (χ0v) is 8.14. The maximum absolute atomic E-state index is 10.9. The van der Waals surface area contributed by atoms with Gasteiger partial charge in [-0.1, -0.05) is 13.3 Å². The lowest BCUT2D eigenvalue weighted by Crippen LogP contribution is -2.46. The van der Waals surface area contributed by atoms with Crippen LogP contribution in [0, 0.1) is 5.92 Å². The first-order valence-electron chi connectivity index (χ1n) is 5.19. The van der Waals surface area contributed by atoms with Crippen molar-refractivity contribution in [3.05, 3.63) is 0 Å². The van der Waals surface area contributed by atoms with Crippen molar-refractivity contribution in [3.8, 4) is 0 Å². The van der Waals surface area contributed by atoms with Gasteiger partial charge in [-0.05, 0) is 31.6 Å². The number of carbonyl (C=O) groups excluding carboxylic acids is 1. The number of amides is 1. The maximum Gasteiger partial charge on any atom is 0.407 e. The van der Waals surface area contributed by atoms with E-state index in [1.165, 1.54) is 19.3 Å².